The molecular weight excluding hydrogens is 260 g/mol. The van der Waals surface area contributed by atoms with Crippen molar-refractivity contribution in [3.8, 4) is 0 Å². The zero-order chi connectivity index (χ0) is 15.2. The van der Waals surface area contributed by atoms with E-state index in [9.17, 15) is 4.79 Å². The normalized spacial score (nSPS) is 10.7. The molecule has 0 aliphatic heterocycles. The Balaban J connectivity index is 1.98. The molecule has 1 aromatic carbocycles. The number of hydrogen-bond acceptors (Lipinski definition) is 2. The zero-order valence-electron chi connectivity index (χ0n) is 12.9. The molecule has 1 aromatic heterocycles. The molecule has 1 heterocycles. The quantitative estimate of drug-likeness (QED) is 0.913. The lowest BCUT2D eigenvalue weighted by atomic mass is 9.96. The maximum absolute atomic E-state index is 12.1. The average Bonchev–Trinajstić information content (AvgIpc) is 2.48. The van der Waals surface area contributed by atoms with Gasteiger partial charge >= 0.3 is 0 Å². The van der Waals surface area contributed by atoms with Gasteiger partial charge in [0, 0.05) is 18.9 Å². The highest BCUT2D eigenvalue weighted by Crippen LogP contribution is 2.19. The second-order valence-electron chi connectivity index (χ2n) is 5.66. The van der Waals surface area contributed by atoms with E-state index in [1.54, 1.807) is 12.4 Å². The van der Waals surface area contributed by atoms with E-state index in [1.807, 2.05) is 19.1 Å². The maximum Gasteiger partial charge on any atom is 0.224 e. The van der Waals surface area contributed by atoms with E-state index in [1.165, 1.54) is 5.56 Å². The third kappa shape index (κ3) is 4.42. The van der Waals surface area contributed by atoms with E-state index in [0.717, 1.165) is 16.7 Å². The SMILES string of the molecule is Cc1ccc(C(C)C)cc1CC(=O)NCc1cccnc1. The number of nitrogens with one attached hydrogen (secondary N) is 1. The lowest BCUT2D eigenvalue weighted by molar-refractivity contribution is -0.120. The van der Waals surface area contributed by atoms with Crippen LogP contribution in [0.1, 0.15) is 42.0 Å². The summed E-state index contributed by atoms with van der Waals surface area (Å²) in [6, 6.07) is 10.2. The van der Waals surface area contributed by atoms with Crippen LogP contribution in [0.5, 0.6) is 0 Å². The van der Waals surface area contributed by atoms with Gasteiger partial charge in [-0.1, -0.05) is 38.1 Å². The lowest BCUT2D eigenvalue weighted by Gasteiger charge is -2.11. The van der Waals surface area contributed by atoms with E-state index < -0.39 is 0 Å². The largest absolute Gasteiger partial charge is 0.352 e. The lowest BCUT2D eigenvalue weighted by Crippen LogP contribution is -2.25. The van der Waals surface area contributed by atoms with Crippen LogP contribution in [0.25, 0.3) is 0 Å². The minimum absolute atomic E-state index is 0.0443. The first-order valence-corrected chi connectivity index (χ1v) is 7.31. The van der Waals surface area contributed by atoms with E-state index >= 15 is 0 Å². The van der Waals surface area contributed by atoms with Crippen molar-refractivity contribution in [2.75, 3.05) is 0 Å². The Kier molecular flexibility index (Phi) is 5.09. The third-order valence-electron chi connectivity index (χ3n) is 3.60. The first kappa shape index (κ1) is 15.2. The van der Waals surface area contributed by atoms with Crippen LogP contribution in [0.3, 0.4) is 0 Å². The van der Waals surface area contributed by atoms with Crippen molar-refractivity contribution in [2.45, 2.75) is 39.7 Å². The van der Waals surface area contributed by atoms with E-state index in [0.29, 0.717) is 18.9 Å². The molecule has 0 saturated heterocycles. The molecular formula is C18H22N2O. The molecule has 0 unspecified atom stereocenters. The third-order valence-corrected chi connectivity index (χ3v) is 3.60. The minimum atomic E-state index is 0.0443. The molecule has 110 valence electrons. The fraction of sp³-hybridized carbons (Fsp3) is 0.333. The van der Waals surface area contributed by atoms with Crippen molar-refractivity contribution in [3.63, 3.8) is 0 Å². The molecule has 0 aliphatic rings. The topological polar surface area (TPSA) is 42.0 Å². The van der Waals surface area contributed by atoms with Gasteiger partial charge in [-0.15, -0.1) is 0 Å². The number of amides is 1. The van der Waals surface area contributed by atoms with Gasteiger partial charge in [0.25, 0.3) is 0 Å². The van der Waals surface area contributed by atoms with Crippen LogP contribution < -0.4 is 5.32 Å². The predicted molar refractivity (Wildman–Crippen MR) is 85.1 cm³/mol. The molecule has 0 bridgehead atoms. The summed E-state index contributed by atoms with van der Waals surface area (Å²) in [6.07, 6.45) is 3.92. The Hall–Kier alpha value is -2.16. The smallest absolute Gasteiger partial charge is 0.224 e. The van der Waals surface area contributed by atoms with Gasteiger partial charge in [0.1, 0.15) is 0 Å². The number of pyridine rings is 1. The molecule has 0 saturated carbocycles. The highest BCUT2D eigenvalue weighted by Gasteiger charge is 2.08. The number of hydrogen-bond donors (Lipinski definition) is 1. The Morgan fingerprint density at radius 2 is 2.10 bits per heavy atom. The molecule has 0 spiro atoms. The fourth-order valence-corrected chi connectivity index (χ4v) is 2.18. The molecule has 0 aliphatic carbocycles. The summed E-state index contributed by atoms with van der Waals surface area (Å²) >= 11 is 0. The molecule has 0 radical (unpaired) electrons. The van der Waals surface area contributed by atoms with Crippen molar-refractivity contribution in [2.24, 2.45) is 0 Å². The van der Waals surface area contributed by atoms with Crippen molar-refractivity contribution in [3.05, 3.63) is 65.0 Å². The molecule has 0 atom stereocenters. The number of carbonyl (C=O) groups is 1. The predicted octanol–water partition coefficient (Wildman–Crippen LogP) is 3.37. The van der Waals surface area contributed by atoms with Crippen LogP contribution >= 0.6 is 0 Å². The van der Waals surface area contributed by atoms with Gasteiger partial charge in [0.2, 0.25) is 5.91 Å². The van der Waals surface area contributed by atoms with Crippen LogP contribution in [0.2, 0.25) is 0 Å². The van der Waals surface area contributed by atoms with Crippen LogP contribution in [0.4, 0.5) is 0 Å². The van der Waals surface area contributed by atoms with E-state index in [2.05, 4.69) is 42.3 Å². The highest BCUT2D eigenvalue weighted by atomic mass is 16.1. The van der Waals surface area contributed by atoms with Crippen LogP contribution in [0.15, 0.2) is 42.7 Å². The van der Waals surface area contributed by atoms with Gasteiger partial charge in [-0.25, -0.2) is 0 Å². The minimum Gasteiger partial charge on any atom is -0.352 e. The summed E-state index contributed by atoms with van der Waals surface area (Å²) < 4.78 is 0. The van der Waals surface area contributed by atoms with Gasteiger partial charge < -0.3 is 5.32 Å². The second-order valence-corrected chi connectivity index (χ2v) is 5.66. The molecule has 2 aromatic rings. The number of benzene rings is 1. The van der Waals surface area contributed by atoms with Gasteiger partial charge in [0.05, 0.1) is 6.42 Å². The average molecular weight is 282 g/mol. The van der Waals surface area contributed by atoms with Crippen LogP contribution in [0, 0.1) is 6.92 Å². The van der Waals surface area contributed by atoms with E-state index in [-0.39, 0.29) is 5.91 Å². The van der Waals surface area contributed by atoms with Crippen molar-refractivity contribution >= 4 is 5.91 Å². The summed E-state index contributed by atoms with van der Waals surface area (Å²) in [5.41, 5.74) is 4.55. The maximum atomic E-state index is 12.1. The fourth-order valence-electron chi connectivity index (χ4n) is 2.18. The van der Waals surface area contributed by atoms with Crippen molar-refractivity contribution in [1.29, 1.82) is 0 Å². The van der Waals surface area contributed by atoms with Gasteiger partial charge in [-0.05, 0) is 41.2 Å². The molecule has 2 rings (SSSR count). The molecule has 0 fully saturated rings. The molecule has 3 nitrogen and oxygen atoms in total. The Morgan fingerprint density at radius 1 is 1.29 bits per heavy atom. The first-order chi connectivity index (χ1) is 10.1. The Bertz CT molecular complexity index is 606. The number of rotatable bonds is 5. The van der Waals surface area contributed by atoms with Crippen LogP contribution in [-0.2, 0) is 17.8 Å². The van der Waals surface area contributed by atoms with Gasteiger partial charge in [0.15, 0.2) is 0 Å². The summed E-state index contributed by atoms with van der Waals surface area (Å²) in [5.74, 6) is 0.519. The number of carbonyl (C=O) groups excluding carboxylic acids is 1. The van der Waals surface area contributed by atoms with E-state index in [4.69, 9.17) is 0 Å². The molecule has 21 heavy (non-hydrogen) atoms. The monoisotopic (exact) mass is 282 g/mol. The zero-order valence-corrected chi connectivity index (χ0v) is 12.9. The molecule has 1 amide bonds. The highest BCUT2D eigenvalue weighted by molar-refractivity contribution is 5.79. The summed E-state index contributed by atoms with van der Waals surface area (Å²) in [4.78, 5) is 16.1. The van der Waals surface area contributed by atoms with Gasteiger partial charge in [-0.2, -0.15) is 0 Å². The van der Waals surface area contributed by atoms with Gasteiger partial charge in [-0.3, -0.25) is 9.78 Å². The van der Waals surface area contributed by atoms with Crippen LogP contribution in [-0.4, -0.2) is 10.9 Å². The Morgan fingerprint density at radius 3 is 2.76 bits per heavy atom. The number of aromatic nitrogens is 1. The summed E-state index contributed by atoms with van der Waals surface area (Å²) in [6.45, 7) is 6.90. The molecule has 3 heteroatoms. The summed E-state index contributed by atoms with van der Waals surface area (Å²) in [5, 5.41) is 2.94. The van der Waals surface area contributed by atoms with Crippen molar-refractivity contribution < 1.29 is 4.79 Å². The second kappa shape index (κ2) is 7.02. The first-order valence-electron chi connectivity index (χ1n) is 7.31. The standard InChI is InChI=1S/C18H22N2O/c1-13(2)16-7-6-14(3)17(9-16)10-18(21)20-12-15-5-4-8-19-11-15/h4-9,11,13H,10,12H2,1-3H3,(H,20,21). The molecule has 1 N–H and O–H groups in total. The number of aryl methyl sites for hydroxylation is 1. The van der Waals surface area contributed by atoms with Crippen molar-refractivity contribution in [1.82, 2.24) is 10.3 Å². The number of nitrogens with zero attached hydrogens (tertiary/aromatic N) is 1. The Labute approximate surface area is 126 Å². The summed E-state index contributed by atoms with van der Waals surface area (Å²) in [7, 11) is 0.